The van der Waals surface area contributed by atoms with E-state index in [1.807, 2.05) is 0 Å². The summed E-state index contributed by atoms with van der Waals surface area (Å²) in [7, 11) is 0. The van der Waals surface area contributed by atoms with Crippen molar-refractivity contribution in [3.63, 3.8) is 0 Å². The Kier molecular flexibility index (Phi) is 6.72. The van der Waals surface area contributed by atoms with Gasteiger partial charge in [0.2, 0.25) is 0 Å². The average molecular weight is 554 g/mol. The molecule has 0 saturated carbocycles. The second-order valence-electron chi connectivity index (χ2n) is 13.8. The Labute approximate surface area is 254 Å². The minimum atomic E-state index is -1.34. The first-order chi connectivity index (χ1) is 19.8. The lowest BCUT2D eigenvalue weighted by Gasteiger charge is -2.60. The molecule has 4 aromatic carbocycles. The van der Waals surface area contributed by atoms with E-state index in [0.717, 1.165) is 6.32 Å². The lowest BCUT2D eigenvalue weighted by atomic mass is 9.12. The van der Waals surface area contributed by atoms with E-state index in [4.69, 9.17) is 0 Å². The molecule has 3 heteroatoms. The normalized spacial score (nSPS) is 17.1. The number of anilines is 2. The van der Waals surface area contributed by atoms with Crippen LogP contribution in [0.1, 0.15) is 66.8 Å². The van der Waals surface area contributed by atoms with Gasteiger partial charge in [0.25, 0.3) is 0 Å². The number of benzene rings is 4. The number of hydrogen-bond acceptors (Lipinski definition) is 2. The van der Waals surface area contributed by atoms with Crippen molar-refractivity contribution in [2.24, 2.45) is 0 Å². The molecule has 2 aliphatic rings. The van der Waals surface area contributed by atoms with E-state index in [1.165, 1.54) is 89.1 Å². The number of hydrogen-bond donors (Lipinski definition) is 0. The maximum atomic E-state index is 2.64. The molecule has 0 bridgehead atoms. The van der Waals surface area contributed by atoms with Gasteiger partial charge in [-0.25, -0.2) is 0 Å². The molecule has 0 aromatic heterocycles. The third-order valence-electron chi connectivity index (χ3n) is 10.2. The molecule has 0 aliphatic carbocycles. The van der Waals surface area contributed by atoms with E-state index < -0.39 is 6.15 Å². The van der Waals surface area contributed by atoms with Crippen LogP contribution in [0.2, 0.25) is 0 Å². The molecule has 42 heavy (non-hydrogen) atoms. The van der Waals surface area contributed by atoms with Crippen molar-refractivity contribution in [1.29, 1.82) is 0 Å². The zero-order valence-corrected chi connectivity index (χ0v) is 27.5. The predicted octanol–water partition coefficient (Wildman–Crippen LogP) is 8.10. The van der Waals surface area contributed by atoms with Crippen LogP contribution in [-0.2, 0) is 6.32 Å². The van der Waals surface area contributed by atoms with Crippen molar-refractivity contribution in [3.8, 4) is 0 Å². The second kappa shape index (κ2) is 9.94. The Morgan fingerprint density at radius 2 is 0.786 bits per heavy atom. The van der Waals surface area contributed by atoms with Gasteiger partial charge < -0.3 is 9.80 Å². The quantitative estimate of drug-likeness (QED) is 0.237. The van der Waals surface area contributed by atoms with Gasteiger partial charge >= 0.3 is 0 Å². The van der Waals surface area contributed by atoms with E-state index >= 15 is 0 Å². The summed E-state index contributed by atoms with van der Waals surface area (Å²) in [6.07, 6.45) is 4.41. The number of fused-ring (bicyclic) bond motifs is 3. The SMILES string of the molecule is Cc1cc(C)c(N2C=CN3c4c(C)cc(C)cc4C[B-](c4c(C)cc(C)cc4C)(c4c(C)cc(C)cc4C)C23)c(C)c1. The molecule has 2 nitrogen and oxygen atoms in total. The van der Waals surface area contributed by atoms with Gasteiger partial charge in [-0.3, -0.25) is 0 Å². The maximum Gasteiger partial charge on any atom is 0.106 e. The van der Waals surface area contributed by atoms with Crippen molar-refractivity contribution >= 4 is 28.4 Å². The summed E-state index contributed by atoms with van der Waals surface area (Å²) < 4.78 is 0. The molecular weight excluding hydrogens is 507 g/mol. The molecule has 216 valence electrons. The third-order valence-corrected chi connectivity index (χ3v) is 10.2. The summed E-state index contributed by atoms with van der Waals surface area (Å²) in [6, 6.07) is 19.3. The second-order valence-corrected chi connectivity index (χ2v) is 13.8. The molecule has 2 heterocycles. The molecule has 0 radical (unpaired) electrons. The summed E-state index contributed by atoms with van der Waals surface area (Å²) >= 11 is 0. The lowest BCUT2D eigenvalue weighted by Crippen LogP contribution is -2.78. The number of rotatable bonds is 3. The monoisotopic (exact) mass is 553 g/mol. The van der Waals surface area contributed by atoms with Crippen molar-refractivity contribution in [1.82, 2.24) is 0 Å². The fourth-order valence-electron chi connectivity index (χ4n) is 9.68. The van der Waals surface area contributed by atoms with Gasteiger partial charge in [-0.05, 0) is 98.9 Å². The highest BCUT2D eigenvalue weighted by Crippen LogP contribution is 2.46. The molecule has 0 amide bonds. The van der Waals surface area contributed by atoms with Crippen LogP contribution in [0.3, 0.4) is 0 Å². The highest BCUT2D eigenvalue weighted by atomic mass is 15.4. The first kappa shape index (κ1) is 28.4. The topological polar surface area (TPSA) is 6.48 Å². The fraction of sp³-hybridized carbons (Fsp3) is 0.333. The first-order valence-corrected chi connectivity index (χ1v) is 15.6. The summed E-state index contributed by atoms with van der Waals surface area (Å²) in [5.41, 5.74) is 22.3. The van der Waals surface area contributed by atoms with Crippen molar-refractivity contribution in [2.45, 2.75) is 88.5 Å². The molecule has 1 unspecified atom stereocenters. The molecule has 1 atom stereocenters. The van der Waals surface area contributed by atoms with Gasteiger partial charge in [-0.2, -0.15) is 10.9 Å². The van der Waals surface area contributed by atoms with Crippen molar-refractivity contribution < 1.29 is 0 Å². The minimum absolute atomic E-state index is 0.110. The van der Waals surface area contributed by atoms with E-state index in [0.29, 0.717) is 0 Å². The van der Waals surface area contributed by atoms with E-state index in [-0.39, 0.29) is 6.07 Å². The summed E-state index contributed by atoms with van der Waals surface area (Å²) in [4.78, 5) is 5.29. The molecule has 0 N–H and O–H groups in total. The van der Waals surface area contributed by atoms with E-state index in [2.05, 4.69) is 147 Å². The molecule has 0 fully saturated rings. The summed E-state index contributed by atoms with van der Waals surface area (Å²) in [5, 5.41) is 0. The first-order valence-electron chi connectivity index (χ1n) is 15.6. The summed E-state index contributed by atoms with van der Waals surface area (Å²) in [5.74, 6) is 0. The Morgan fingerprint density at radius 3 is 1.21 bits per heavy atom. The Balaban J connectivity index is 1.80. The Hall–Kier alpha value is -3.72. The minimum Gasteiger partial charge on any atom is -0.359 e. The number of nitrogens with zero attached hydrogens (tertiary/aromatic N) is 2. The van der Waals surface area contributed by atoms with Crippen LogP contribution in [-0.4, -0.2) is 12.2 Å². The highest BCUT2D eigenvalue weighted by Gasteiger charge is 2.50. The zero-order valence-electron chi connectivity index (χ0n) is 27.5. The molecule has 0 saturated heterocycles. The molecule has 6 rings (SSSR count). The third kappa shape index (κ3) is 4.15. The van der Waals surface area contributed by atoms with Crippen LogP contribution in [0.25, 0.3) is 0 Å². The largest absolute Gasteiger partial charge is 0.359 e. The predicted molar refractivity (Wildman–Crippen MR) is 184 cm³/mol. The average Bonchev–Trinajstić information content (AvgIpc) is 3.26. The van der Waals surface area contributed by atoms with Crippen LogP contribution in [0.5, 0.6) is 0 Å². The Bertz CT molecular complexity index is 1670. The van der Waals surface area contributed by atoms with Gasteiger partial charge in [-0.1, -0.05) is 98.6 Å². The fourth-order valence-corrected chi connectivity index (χ4v) is 9.68. The van der Waals surface area contributed by atoms with Crippen LogP contribution in [0.4, 0.5) is 11.4 Å². The van der Waals surface area contributed by atoms with Gasteiger partial charge in [-0.15, -0.1) is 6.32 Å². The van der Waals surface area contributed by atoms with Gasteiger partial charge in [0.1, 0.15) is 6.15 Å². The molecule has 4 aromatic rings. The number of aryl methyl sites for hydroxylation is 11. The highest BCUT2D eigenvalue weighted by molar-refractivity contribution is 7.04. The van der Waals surface area contributed by atoms with Crippen molar-refractivity contribution in [3.05, 3.63) is 128 Å². The Morgan fingerprint density at radius 1 is 0.452 bits per heavy atom. The lowest BCUT2D eigenvalue weighted by molar-refractivity contribution is 0.825. The molecular formula is C39H46BN2-. The molecule has 0 spiro atoms. The summed E-state index contributed by atoms with van der Waals surface area (Å²) in [6.45, 7) is 25.2. The van der Waals surface area contributed by atoms with Gasteiger partial charge in [0.05, 0.1) is 0 Å². The van der Waals surface area contributed by atoms with Crippen LogP contribution >= 0.6 is 0 Å². The van der Waals surface area contributed by atoms with Crippen LogP contribution in [0, 0.1) is 76.2 Å². The maximum absolute atomic E-state index is 2.64. The van der Waals surface area contributed by atoms with Gasteiger partial charge in [0, 0.05) is 23.8 Å². The van der Waals surface area contributed by atoms with E-state index in [1.54, 1.807) is 0 Å². The van der Waals surface area contributed by atoms with Crippen LogP contribution in [0.15, 0.2) is 60.9 Å². The zero-order chi connectivity index (χ0) is 30.2. The van der Waals surface area contributed by atoms with E-state index in [9.17, 15) is 0 Å². The standard InChI is InChI=1S/C39H46BN2/c1-23-14-27(5)35(28(6)15-23)40(36-29(7)16-24(2)17-30(36)8)22-34-21-26(4)20-33(11)38(34)42-13-12-41(39(40)42)37-31(9)18-25(3)19-32(37)10/h12-21,39H,22H2,1-11H3/q-1. The van der Waals surface area contributed by atoms with Crippen LogP contribution < -0.4 is 20.7 Å². The van der Waals surface area contributed by atoms with Crippen molar-refractivity contribution in [2.75, 3.05) is 9.80 Å². The smallest absolute Gasteiger partial charge is 0.106 e. The van der Waals surface area contributed by atoms with Gasteiger partial charge in [0.15, 0.2) is 0 Å². The molecule has 2 aliphatic heterocycles.